The quantitative estimate of drug-likeness (QED) is 0.682. The molecule has 0 spiro atoms. The van der Waals surface area contributed by atoms with Crippen LogP contribution in [0.2, 0.25) is 0 Å². The molecule has 0 saturated carbocycles. The number of para-hydroxylation sites is 1. The maximum Gasteiger partial charge on any atom is 0.273 e. The zero-order valence-electron chi connectivity index (χ0n) is 9.21. The molecule has 0 aliphatic rings. The third-order valence-electron chi connectivity index (χ3n) is 2.62. The third kappa shape index (κ3) is 1.52. The number of nitrogens with zero attached hydrogens (tertiary/aromatic N) is 3. The summed E-state index contributed by atoms with van der Waals surface area (Å²) in [4.78, 5) is 11.9. The van der Waals surface area contributed by atoms with E-state index in [1.54, 1.807) is 0 Å². The van der Waals surface area contributed by atoms with E-state index in [9.17, 15) is 4.79 Å². The molecule has 1 aromatic carbocycles. The zero-order chi connectivity index (χ0) is 11.8. The average Bonchev–Trinajstić information content (AvgIpc) is 2.70. The van der Waals surface area contributed by atoms with Crippen molar-refractivity contribution in [3.63, 3.8) is 0 Å². The molecule has 0 saturated heterocycles. The van der Waals surface area contributed by atoms with Crippen LogP contribution < -0.4 is 5.56 Å². The summed E-state index contributed by atoms with van der Waals surface area (Å²) in [6.45, 7) is 1.85. The van der Waals surface area contributed by atoms with Crippen LogP contribution in [0.4, 0.5) is 0 Å². The molecule has 3 aromatic rings. The summed E-state index contributed by atoms with van der Waals surface area (Å²) in [6, 6.07) is 10.8. The Kier molecular flexibility index (Phi) is 2.04. The van der Waals surface area contributed by atoms with Gasteiger partial charge in [-0.15, -0.1) is 0 Å². The standard InChI is InChI=1S/C12H10N4O/c1-8-12-10(14-13-8)7-11(17)16(15-12)9-5-3-2-4-6-9/h2-7,14H,1H3. The first kappa shape index (κ1) is 9.77. The van der Waals surface area contributed by atoms with Gasteiger partial charge in [-0.3, -0.25) is 9.89 Å². The van der Waals surface area contributed by atoms with Crippen molar-refractivity contribution in [3.05, 3.63) is 52.4 Å². The van der Waals surface area contributed by atoms with Crippen LogP contribution in [0.25, 0.3) is 16.7 Å². The molecule has 0 unspecified atom stereocenters. The van der Waals surface area contributed by atoms with Crippen molar-refractivity contribution in [2.75, 3.05) is 0 Å². The Labute approximate surface area is 96.7 Å². The molecule has 3 rings (SSSR count). The number of hydrogen-bond donors (Lipinski definition) is 1. The molecule has 0 amide bonds. The van der Waals surface area contributed by atoms with E-state index in [-0.39, 0.29) is 5.56 Å². The summed E-state index contributed by atoms with van der Waals surface area (Å²) >= 11 is 0. The Morgan fingerprint density at radius 3 is 2.76 bits per heavy atom. The smallest absolute Gasteiger partial charge is 0.273 e. The molecule has 17 heavy (non-hydrogen) atoms. The minimum Gasteiger partial charge on any atom is -0.276 e. The number of hydrogen-bond acceptors (Lipinski definition) is 3. The lowest BCUT2D eigenvalue weighted by molar-refractivity contribution is 0.830. The monoisotopic (exact) mass is 226 g/mol. The normalized spacial score (nSPS) is 10.9. The van der Waals surface area contributed by atoms with Gasteiger partial charge in [-0.05, 0) is 19.1 Å². The molecule has 1 N–H and O–H groups in total. The van der Waals surface area contributed by atoms with Crippen LogP contribution in [0.1, 0.15) is 5.69 Å². The Morgan fingerprint density at radius 1 is 1.24 bits per heavy atom. The number of aryl methyl sites for hydroxylation is 1. The fourth-order valence-corrected chi connectivity index (χ4v) is 1.76. The van der Waals surface area contributed by atoms with Crippen LogP contribution in [0, 0.1) is 6.92 Å². The molecular formula is C12H10N4O. The molecule has 84 valence electrons. The van der Waals surface area contributed by atoms with Crippen molar-refractivity contribution >= 4 is 11.0 Å². The van der Waals surface area contributed by atoms with E-state index in [1.165, 1.54) is 10.7 Å². The summed E-state index contributed by atoms with van der Waals surface area (Å²) in [6.07, 6.45) is 0. The first-order chi connectivity index (χ1) is 8.25. The molecule has 2 heterocycles. The predicted molar refractivity (Wildman–Crippen MR) is 64.2 cm³/mol. The largest absolute Gasteiger partial charge is 0.276 e. The van der Waals surface area contributed by atoms with E-state index in [2.05, 4.69) is 15.3 Å². The summed E-state index contributed by atoms with van der Waals surface area (Å²) < 4.78 is 1.38. The number of benzene rings is 1. The number of nitrogens with one attached hydrogen (secondary N) is 1. The number of aromatic nitrogens is 4. The second-order valence-electron chi connectivity index (χ2n) is 3.80. The van der Waals surface area contributed by atoms with Gasteiger partial charge in [0.25, 0.3) is 5.56 Å². The van der Waals surface area contributed by atoms with Crippen LogP contribution in [0.5, 0.6) is 0 Å². The van der Waals surface area contributed by atoms with Crippen molar-refractivity contribution < 1.29 is 0 Å². The molecule has 5 heteroatoms. The van der Waals surface area contributed by atoms with E-state index in [0.717, 1.165) is 11.4 Å². The van der Waals surface area contributed by atoms with Crippen molar-refractivity contribution in [1.29, 1.82) is 0 Å². The Morgan fingerprint density at radius 2 is 2.00 bits per heavy atom. The molecule has 0 radical (unpaired) electrons. The third-order valence-corrected chi connectivity index (χ3v) is 2.62. The van der Waals surface area contributed by atoms with Gasteiger partial charge in [0.2, 0.25) is 0 Å². The Hall–Kier alpha value is -2.43. The van der Waals surface area contributed by atoms with Crippen LogP contribution in [-0.4, -0.2) is 20.0 Å². The van der Waals surface area contributed by atoms with Crippen LogP contribution in [0.15, 0.2) is 41.2 Å². The van der Waals surface area contributed by atoms with Gasteiger partial charge in [0.05, 0.1) is 16.9 Å². The van der Waals surface area contributed by atoms with Gasteiger partial charge < -0.3 is 0 Å². The number of aromatic amines is 1. The minimum absolute atomic E-state index is 0.174. The van der Waals surface area contributed by atoms with E-state index >= 15 is 0 Å². The fourth-order valence-electron chi connectivity index (χ4n) is 1.76. The van der Waals surface area contributed by atoms with Gasteiger partial charge >= 0.3 is 0 Å². The van der Waals surface area contributed by atoms with Crippen LogP contribution in [-0.2, 0) is 0 Å². The molecule has 0 fully saturated rings. The van der Waals surface area contributed by atoms with Crippen molar-refractivity contribution in [2.45, 2.75) is 6.92 Å². The summed E-state index contributed by atoms with van der Waals surface area (Å²) in [5.74, 6) is 0. The van der Waals surface area contributed by atoms with Crippen LogP contribution >= 0.6 is 0 Å². The molecule has 0 atom stereocenters. The van der Waals surface area contributed by atoms with E-state index in [4.69, 9.17) is 0 Å². The molecule has 0 aliphatic carbocycles. The highest BCUT2D eigenvalue weighted by Crippen LogP contribution is 2.10. The molecule has 0 bridgehead atoms. The second kappa shape index (κ2) is 3.55. The second-order valence-corrected chi connectivity index (χ2v) is 3.80. The molecule has 2 aromatic heterocycles. The summed E-state index contributed by atoms with van der Waals surface area (Å²) in [7, 11) is 0. The number of H-pyrrole nitrogens is 1. The highest BCUT2D eigenvalue weighted by atomic mass is 16.1. The average molecular weight is 226 g/mol. The minimum atomic E-state index is -0.174. The highest BCUT2D eigenvalue weighted by Gasteiger charge is 2.07. The van der Waals surface area contributed by atoms with Crippen LogP contribution in [0.3, 0.4) is 0 Å². The van der Waals surface area contributed by atoms with E-state index in [0.29, 0.717) is 11.0 Å². The maximum atomic E-state index is 11.9. The summed E-state index contributed by atoms with van der Waals surface area (Å²) in [5, 5.41) is 11.1. The lowest BCUT2D eigenvalue weighted by Crippen LogP contribution is -2.19. The fraction of sp³-hybridized carbons (Fsp3) is 0.0833. The van der Waals surface area contributed by atoms with E-state index < -0.39 is 0 Å². The SMILES string of the molecule is Cc1n[nH]c2cc(=O)n(-c3ccccc3)nc12. The maximum absolute atomic E-state index is 11.9. The van der Waals surface area contributed by atoms with Crippen molar-refractivity contribution in [2.24, 2.45) is 0 Å². The van der Waals surface area contributed by atoms with Crippen molar-refractivity contribution in [3.8, 4) is 5.69 Å². The van der Waals surface area contributed by atoms with Gasteiger partial charge in [0.1, 0.15) is 5.52 Å². The van der Waals surface area contributed by atoms with Gasteiger partial charge in [0, 0.05) is 6.07 Å². The highest BCUT2D eigenvalue weighted by molar-refractivity contribution is 5.75. The molecular weight excluding hydrogens is 216 g/mol. The lowest BCUT2D eigenvalue weighted by Gasteiger charge is -2.03. The lowest BCUT2D eigenvalue weighted by atomic mass is 10.3. The topological polar surface area (TPSA) is 63.6 Å². The van der Waals surface area contributed by atoms with E-state index in [1.807, 2.05) is 37.3 Å². The Bertz CT molecular complexity index is 727. The van der Waals surface area contributed by atoms with Gasteiger partial charge in [-0.1, -0.05) is 18.2 Å². The van der Waals surface area contributed by atoms with Gasteiger partial charge in [-0.2, -0.15) is 14.9 Å². The predicted octanol–water partition coefficient (Wildman–Crippen LogP) is 1.42. The molecule has 0 aliphatic heterocycles. The first-order valence-corrected chi connectivity index (χ1v) is 5.26. The van der Waals surface area contributed by atoms with Crippen molar-refractivity contribution in [1.82, 2.24) is 20.0 Å². The Balaban J connectivity index is 2.33. The molecule has 5 nitrogen and oxygen atoms in total. The summed E-state index contributed by atoms with van der Waals surface area (Å²) in [5.41, 5.74) is 2.74. The van der Waals surface area contributed by atoms with Gasteiger partial charge in [0.15, 0.2) is 0 Å². The first-order valence-electron chi connectivity index (χ1n) is 5.26. The van der Waals surface area contributed by atoms with Gasteiger partial charge in [-0.25, -0.2) is 0 Å². The zero-order valence-corrected chi connectivity index (χ0v) is 9.21. The number of fused-ring (bicyclic) bond motifs is 1. The number of rotatable bonds is 1.